The molecule has 1 aliphatic heterocycles. The van der Waals surface area contributed by atoms with E-state index in [-0.39, 0.29) is 18.6 Å². The molecule has 0 spiro atoms. The number of pyridine rings is 1. The van der Waals surface area contributed by atoms with E-state index in [0.29, 0.717) is 30.4 Å². The lowest BCUT2D eigenvalue weighted by Gasteiger charge is -2.21. The zero-order chi connectivity index (χ0) is 23.8. The second-order valence-corrected chi connectivity index (χ2v) is 8.61. The molecular weight excluding hydrogens is 444 g/mol. The van der Waals surface area contributed by atoms with Crippen molar-refractivity contribution in [1.29, 1.82) is 0 Å². The average Bonchev–Trinajstić information content (AvgIpc) is 3.46. The van der Waals surface area contributed by atoms with Gasteiger partial charge in [-0.25, -0.2) is 14.6 Å². The number of carbonyl (C=O) groups excluding carboxylic acids is 1. The quantitative estimate of drug-likeness (QED) is 0.405. The van der Waals surface area contributed by atoms with E-state index < -0.39 is 0 Å². The maximum absolute atomic E-state index is 13.6. The molecule has 0 bridgehead atoms. The molecule has 9 heteroatoms. The van der Waals surface area contributed by atoms with Gasteiger partial charge in [0, 0.05) is 43.2 Å². The van der Waals surface area contributed by atoms with Gasteiger partial charge in [-0.2, -0.15) is 5.10 Å². The third kappa shape index (κ3) is 4.09. The Morgan fingerprint density at radius 3 is 2.71 bits per heavy atom. The molecule has 35 heavy (non-hydrogen) atoms. The highest BCUT2D eigenvalue weighted by Crippen LogP contribution is 2.42. The van der Waals surface area contributed by atoms with Gasteiger partial charge in [-0.3, -0.25) is 9.78 Å². The Bertz CT molecular complexity index is 1380. The number of amides is 1. The van der Waals surface area contributed by atoms with Gasteiger partial charge in [-0.05, 0) is 61.7 Å². The first-order valence-electron chi connectivity index (χ1n) is 11.7. The molecule has 4 aromatic rings. The summed E-state index contributed by atoms with van der Waals surface area (Å²) in [7, 11) is 0. The van der Waals surface area contributed by atoms with E-state index in [1.165, 1.54) is 0 Å². The number of fused-ring (bicyclic) bond motifs is 1. The molecule has 9 nitrogen and oxygen atoms in total. The predicted molar refractivity (Wildman–Crippen MR) is 127 cm³/mol. The Kier molecular flexibility index (Phi) is 5.36. The van der Waals surface area contributed by atoms with Crippen molar-refractivity contribution in [3.8, 4) is 28.7 Å². The van der Waals surface area contributed by atoms with Crippen molar-refractivity contribution in [2.45, 2.75) is 32.2 Å². The third-order valence-electron chi connectivity index (χ3n) is 6.29. The number of ether oxygens (including phenoxy) is 2. The zero-order valence-electron chi connectivity index (χ0n) is 19.3. The number of nitrogens with zero attached hydrogens (tertiary/aromatic N) is 6. The standard InChI is InChI=1S/C26H24N6O3/c1-2-31(15-17-7-10-27-11-8-17)25(33)20-14-29-32(24(20)18-3-4-18)26-28-12-9-21(30-26)19-5-6-22-23(13-19)35-16-34-22/h5-14,18H,2-4,15-16H2,1H3. The molecule has 0 atom stereocenters. The molecule has 1 amide bonds. The fourth-order valence-electron chi connectivity index (χ4n) is 4.30. The van der Waals surface area contributed by atoms with E-state index in [2.05, 4.69) is 15.1 Å². The number of hydrogen-bond donors (Lipinski definition) is 0. The maximum Gasteiger partial charge on any atom is 0.257 e. The highest BCUT2D eigenvalue weighted by atomic mass is 16.7. The first-order chi connectivity index (χ1) is 17.2. The molecule has 1 aliphatic carbocycles. The molecule has 4 heterocycles. The molecule has 3 aromatic heterocycles. The Morgan fingerprint density at radius 2 is 1.91 bits per heavy atom. The smallest absolute Gasteiger partial charge is 0.257 e. The molecule has 176 valence electrons. The fraction of sp³-hybridized carbons (Fsp3) is 0.269. The lowest BCUT2D eigenvalue weighted by Crippen LogP contribution is -2.31. The summed E-state index contributed by atoms with van der Waals surface area (Å²) < 4.78 is 12.6. The predicted octanol–water partition coefficient (Wildman–Crippen LogP) is 3.99. The van der Waals surface area contributed by atoms with E-state index in [0.717, 1.165) is 41.1 Å². The van der Waals surface area contributed by atoms with E-state index in [1.54, 1.807) is 29.5 Å². The maximum atomic E-state index is 13.6. The minimum Gasteiger partial charge on any atom is -0.454 e. The monoisotopic (exact) mass is 468 g/mol. The molecule has 0 unspecified atom stereocenters. The number of carbonyl (C=O) groups is 1. The van der Waals surface area contributed by atoms with Crippen LogP contribution in [-0.2, 0) is 6.54 Å². The van der Waals surface area contributed by atoms with E-state index in [9.17, 15) is 4.79 Å². The van der Waals surface area contributed by atoms with Gasteiger partial charge in [-0.15, -0.1) is 0 Å². The molecule has 0 saturated heterocycles. The molecule has 2 aliphatic rings. The van der Waals surface area contributed by atoms with Gasteiger partial charge in [0.25, 0.3) is 11.9 Å². The van der Waals surface area contributed by atoms with Gasteiger partial charge in [0.15, 0.2) is 11.5 Å². The van der Waals surface area contributed by atoms with Gasteiger partial charge in [0.2, 0.25) is 6.79 Å². The Balaban J connectivity index is 1.33. The van der Waals surface area contributed by atoms with Crippen LogP contribution in [0.4, 0.5) is 0 Å². The summed E-state index contributed by atoms with van der Waals surface area (Å²) >= 11 is 0. The second kappa shape index (κ2) is 8.83. The molecule has 1 aromatic carbocycles. The van der Waals surface area contributed by atoms with Gasteiger partial charge >= 0.3 is 0 Å². The first kappa shape index (κ1) is 21.3. The van der Waals surface area contributed by atoms with Crippen LogP contribution in [0.15, 0.2) is 61.2 Å². The van der Waals surface area contributed by atoms with Crippen LogP contribution in [0.5, 0.6) is 11.5 Å². The van der Waals surface area contributed by atoms with Crippen LogP contribution in [-0.4, -0.2) is 48.9 Å². The third-order valence-corrected chi connectivity index (χ3v) is 6.29. The van der Waals surface area contributed by atoms with E-state index in [4.69, 9.17) is 14.5 Å². The highest BCUT2D eigenvalue weighted by Gasteiger charge is 2.34. The van der Waals surface area contributed by atoms with Crippen LogP contribution in [0, 0.1) is 0 Å². The molecule has 0 N–H and O–H groups in total. The summed E-state index contributed by atoms with van der Waals surface area (Å²) in [4.78, 5) is 28.7. The Hall–Kier alpha value is -4.27. The summed E-state index contributed by atoms with van der Waals surface area (Å²) in [5.74, 6) is 2.10. The van der Waals surface area contributed by atoms with E-state index >= 15 is 0 Å². The van der Waals surface area contributed by atoms with Gasteiger partial charge < -0.3 is 14.4 Å². The Labute approximate surface area is 202 Å². The molecule has 0 radical (unpaired) electrons. The molecule has 1 saturated carbocycles. The summed E-state index contributed by atoms with van der Waals surface area (Å²) in [6, 6.07) is 11.4. The lowest BCUT2D eigenvalue weighted by molar-refractivity contribution is 0.0751. The van der Waals surface area contributed by atoms with Crippen LogP contribution >= 0.6 is 0 Å². The van der Waals surface area contributed by atoms with E-state index in [1.807, 2.05) is 48.2 Å². The second-order valence-electron chi connectivity index (χ2n) is 8.61. The summed E-state index contributed by atoms with van der Waals surface area (Å²) in [6.07, 6.45) is 8.89. The minimum absolute atomic E-state index is 0.0376. The summed E-state index contributed by atoms with van der Waals surface area (Å²) in [5.41, 5.74) is 4.16. The van der Waals surface area contributed by atoms with Crippen molar-refractivity contribution in [2.75, 3.05) is 13.3 Å². The highest BCUT2D eigenvalue weighted by molar-refractivity contribution is 5.95. The first-order valence-corrected chi connectivity index (χ1v) is 11.7. The largest absolute Gasteiger partial charge is 0.454 e. The van der Waals surface area contributed by atoms with Crippen molar-refractivity contribution >= 4 is 5.91 Å². The van der Waals surface area contributed by atoms with Gasteiger partial charge in [0.05, 0.1) is 23.1 Å². The molecular formula is C26H24N6O3. The van der Waals surface area contributed by atoms with Crippen LogP contribution in [0.2, 0.25) is 0 Å². The van der Waals surface area contributed by atoms with Gasteiger partial charge in [-0.1, -0.05) is 0 Å². The molecule has 6 rings (SSSR count). The van der Waals surface area contributed by atoms with Crippen molar-refractivity contribution in [1.82, 2.24) is 29.6 Å². The van der Waals surface area contributed by atoms with Crippen LogP contribution in [0.3, 0.4) is 0 Å². The fourth-order valence-corrected chi connectivity index (χ4v) is 4.30. The minimum atomic E-state index is -0.0376. The van der Waals surface area contributed by atoms with Crippen molar-refractivity contribution in [3.63, 3.8) is 0 Å². The van der Waals surface area contributed by atoms with Crippen LogP contribution in [0.25, 0.3) is 17.2 Å². The van der Waals surface area contributed by atoms with Crippen molar-refractivity contribution in [3.05, 3.63) is 78.0 Å². The van der Waals surface area contributed by atoms with Crippen LogP contribution < -0.4 is 9.47 Å². The Morgan fingerprint density at radius 1 is 1.09 bits per heavy atom. The number of benzene rings is 1. The van der Waals surface area contributed by atoms with Gasteiger partial charge in [0.1, 0.15) is 0 Å². The number of rotatable bonds is 7. The lowest BCUT2D eigenvalue weighted by atomic mass is 10.1. The SMILES string of the molecule is CCN(Cc1ccncc1)C(=O)c1cnn(-c2nccc(-c3ccc4c(c3)OCO4)n2)c1C1CC1. The average molecular weight is 469 g/mol. The molecule has 1 fully saturated rings. The normalized spacial score (nSPS) is 14.2. The van der Waals surface area contributed by atoms with Crippen LogP contribution in [0.1, 0.15) is 47.3 Å². The summed E-state index contributed by atoms with van der Waals surface area (Å²) in [6.45, 7) is 3.31. The number of aromatic nitrogens is 5. The summed E-state index contributed by atoms with van der Waals surface area (Å²) in [5, 5.41) is 4.57. The zero-order valence-corrected chi connectivity index (χ0v) is 19.3. The topological polar surface area (TPSA) is 95.3 Å². The number of hydrogen-bond acceptors (Lipinski definition) is 7. The van der Waals surface area contributed by atoms with Crippen molar-refractivity contribution < 1.29 is 14.3 Å². The van der Waals surface area contributed by atoms with Crippen molar-refractivity contribution in [2.24, 2.45) is 0 Å².